The molecule has 2 aromatic carbocycles. The Morgan fingerprint density at radius 2 is 1.64 bits per heavy atom. The molecule has 2 aromatic rings. The largest absolute Gasteiger partial charge is 0.495 e. The fourth-order valence-corrected chi connectivity index (χ4v) is 3.47. The highest BCUT2D eigenvalue weighted by Crippen LogP contribution is 2.26. The Morgan fingerprint density at radius 3 is 2.20 bits per heavy atom. The average molecular weight is 362 g/mol. The monoisotopic (exact) mass is 362 g/mol. The highest BCUT2D eigenvalue weighted by Gasteiger charge is 2.18. The molecular weight excluding hydrogens is 340 g/mol. The lowest BCUT2D eigenvalue weighted by Crippen LogP contribution is -2.30. The smallest absolute Gasteiger partial charge is 0.262 e. The first-order valence-electron chi connectivity index (χ1n) is 7.98. The summed E-state index contributed by atoms with van der Waals surface area (Å²) >= 11 is 0. The summed E-state index contributed by atoms with van der Waals surface area (Å²) in [6.07, 6.45) is 0. The normalized spacial score (nSPS) is 11.0. The molecule has 0 saturated heterocycles. The van der Waals surface area contributed by atoms with Crippen LogP contribution < -0.4 is 9.46 Å². The van der Waals surface area contributed by atoms with Crippen molar-refractivity contribution in [3.63, 3.8) is 0 Å². The van der Waals surface area contributed by atoms with Crippen molar-refractivity contribution in [3.05, 3.63) is 54.1 Å². The van der Waals surface area contributed by atoms with Crippen molar-refractivity contribution < 1.29 is 17.9 Å². The molecule has 1 amide bonds. The van der Waals surface area contributed by atoms with E-state index in [1.807, 2.05) is 13.8 Å². The molecule has 0 heterocycles. The predicted molar refractivity (Wildman–Crippen MR) is 97.5 cm³/mol. The summed E-state index contributed by atoms with van der Waals surface area (Å²) in [6, 6.07) is 12.7. The molecule has 0 atom stereocenters. The molecule has 0 aliphatic carbocycles. The number of anilines is 1. The maximum Gasteiger partial charge on any atom is 0.262 e. The van der Waals surface area contributed by atoms with E-state index in [2.05, 4.69) is 4.72 Å². The van der Waals surface area contributed by atoms with E-state index >= 15 is 0 Å². The van der Waals surface area contributed by atoms with Crippen molar-refractivity contribution in [1.29, 1.82) is 0 Å². The van der Waals surface area contributed by atoms with Gasteiger partial charge in [0.05, 0.1) is 17.7 Å². The number of para-hydroxylation sites is 2. The Balaban J connectivity index is 2.24. The third kappa shape index (κ3) is 4.30. The maximum absolute atomic E-state index is 12.5. The number of amides is 1. The van der Waals surface area contributed by atoms with Gasteiger partial charge in [0.1, 0.15) is 5.75 Å². The maximum atomic E-state index is 12.5. The molecule has 7 heteroatoms. The minimum absolute atomic E-state index is 0.0782. The summed E-state index contributed by atoms with van der Waals surface area (Å²) in [7, 11) is -2.30. The summed E-state index contributed by atoms with van der Waals surface area (Å²) in [4.78, 5) is 14.0. The van der Waals surface area contributed by atoms with Gasteiger partial charge >= 0.3 is 0 Å². The summed E-state index contributed by atoms with van der Waals surface area (Å²) in [5.74, 6) is 0.311. The third-order valence-electron chi connectivity index (χ3n) is 3.81. The topological polar surface area (TPSA) is 75.7 Å². The van der Waals surface area contributed by atoms with Crippen LogP contribution in [-0.4, -0.2) is 39.4 Å². The summed E-state index contributed by atoms with van der Waals surface area (Å²) in [5, 5.41) is 0. The van der Waals surface area contributed by atoms with E-state index in [-0.39, 0.29) is 10.8 Å². The number of benzene rings is 2. The molecular formula is C18H22N2O4S. The molecule has 1 N–H and O–H groups in total. The van der Waals surface area contributed by atoms with E-state index in [9.17, 15) is 13.2 Å². The van der Waals surface area contributed by atoms with E-state index in [1.165, 1.54) is 31.4 Å². The minimum Gasteiger partial charge on any atom is -0.495 e. The first kappa shape index (κ1) is 18.8. The molecule has 6 nitrogen and oxygen atoms in total. The number of hydrogen-bond donors (Lipinski definition) is 1. The van der Waals surface area contributed by atoms with Crippen LogP contribution in [0.15, 0.2) is 53.4 Å². The van der Waals surface area contributed by atoms with Crippen molar-refractivity contribution >= 4 is 21.6 Å². The number of carbonyl (C=O) groups excluding carboxylic acids is 1. The van der Waals surface area contributed by atoms with E-state index in [0.29, 0.717) is 30.1 Å². The van der Waals surface area contributed by atoms with Gasteiger partial charge in [0.15, 0.2) is 0 Å². The number of rotatable bonds is 7. The molecule has 0 aliphatic heterocycles. The second-order valence-corrected chi connectivity index (χ2v) is 6.99. The lowest BCUT2D eigenvalue weighted by Gasteiger charge is -2.18. The Hall–Kier alpha value is -2.54. The number of hydrogen-bond acceptors (Lipinski definition) is 4. The number of nitrogens with one attached hydrogen (secondary N) is 1. The van der Waals surface area contributed by atoms with Crippen LogP contribution in [-0.2, 0) is 10.0 Å². The first-order valence-corrected chi connectivity index (χ1v) is 9.46. The molecule has 0 saturated carbocycles. The zero-order valence-corrected chi connectivity index (χ0v) is 15.3. The fraction of sp³-hybridized carbons (Fsp3) is 0.278. The number of ether oxygens (including phenoxy) is 1. The Kier molecular flexibility index (Phi) is 6.03. The molecule has 0 fully saturated rings. The molecule has 0 aliphatic rings. The number of methoxy groups -OCH3 is 1. The summed E-state index contributed by atoms with van der Waals surface area (Å²) < 4.78 is 32.7. The van der Waals surface area contributed by atoms with E-state index in [0.717, 1.165) is 0 Å². The van der Waals surface area contributed by atoms with Gasteiger partial charge in [-0.25, -0.2) is 8.42 Å². The lowest BCUT2D eigenvalue weighted by molar-refractivity contribution is 0.0773. The van der Waals surface area contributed by atoms with Crippen LogP contribution in [0.3, 0.4) is 0 Å². The van der Waals surface area contributed by atoms with Crippen molar-refractivity contribution in [2.45, 2.75) is 18.7 Å². The van der Waals surface area contributed by atoms with Crippen molar-refractivity contribution in [2.75, 3.05) is 24.9 Å². The average Bonchev–Trinajstić information content (AvgIpc) is 2.63. The molecule has 25 heavy (non-hydrogen) atoms. The molecule has 0 unspecified atom stereocenters. The fourth-order valence-electron chi connectivity index (χ4n) is 2.40. The van der Waals surface area contributed by atoms with Crippen LogP contribution in [0.2, 0.25) is 0 Å². The standard InChI is InChI=1S/C18H22N2O4S/c1-4-20(5-2)18(21)14-10-12-15(13-11-14)25(22,23)19-16-8-6-7-9-17(16)24-3/h6-13,19H,4-5H2,1-3H3. The quantitative estimate of drug-likeness (QED) is 0.822. The lowest BCUT2D eigenvalue weighted by atomic mass is 10.2. The van der Waals surface area contributed by atoms with E-state index in [4.69, 9.17) is 4.74 Å². The van der Waals surface area contributed by atoms with Gasteiger partial charge in [0, 0.05) is 18.7 Å². The molecule has 134 valence electrons. The van der Waals surface area contributed by atoms with Gasteiger partial charge in [-0.15, -0.1) is 0 Å². The second-order valence-electron chi connectivity index (χ2n) is 5.31. The molecule has 0 bridgehead atoms. The van der Waals surface area contributed by atoms with Crippen molar-refractivity contribution in [1.82, 2.24) is 4.90 Å². The minimum atomic E-state index is -3.77. The highest BCUT2D eigenvalue weighted by molar-refractivity contribution is 7.92. The Morgan fingerprint density at radius 1 is 1.04 bits per heavy atom. The number of sulfonamides is 1. The summed E-state index contributed by atoms with van der Waals surface area (Å²) in [6.45, 7) is 5.00. The Bertz CT molecular complexity index is 828. The number of nitrogens with zero attached hydrogens (tertiary/aromatic N) is 1. The second kappa shape index (κ2) is 8.02. The zero-order chi connectivity index (χ0) is 18.4. The third-order valence-corrected chi connectivity index (χ3v) is 5.19. The zero-order valence-electron chi connectivity index (χ0n) is 14.5. The molecule has 0 spiro atoms. The van der Waals surface area contributed by atoms with Crippen LogP contribution in [0.4, 0.5) is 5.69 Å². The van der Waals surface area contributed by atoms with Crippen LogP contribution >= 0.6 is 0 Å². The van der Waals surface area contributed by atoms with Gasteiger partial charge in [-0.3, -0.25) is 9.52 Å². The summed E-state index contributed by atoms with van der Waals surface area (Å²) in [5.41, 5.74) is 0.813. The molecule has 0 radical (unpaired) electrons. The van der Waals surface area contributed by atoms with Crippen LogP contribution in [0.5, 0.6) is 5.75 Å². The number of carbonyl (C=O) groups is 1. The Labute approximate surface area is 148 Å². The predicted octanol–water partition coefficient (Wildman–Crippen LogP) is 2.98. The van der Waals surface area contributed by atoms with Crippen molar-refractivity contribution in [3.8, 4) is 5.75 Å². The van der Waals surface area contributed by atoms with Gasteiger partial charge in [-0.2, -0.15) is 0 Å². The van der Waals surface area contributed by atoms with Gasteiger partial charge in [0.2, 0.25) is 0 Å². The van der Waals surface area contributed by atoms with Gasteiger partial charge < -0.3 is 9.64 Å². The van der Waals surface area contributed by atoms with Gasteiger partial charge in [-0.1, -0.05) is 12.1 Å². The highest BCUT2D eigenvalue weighted by atomic mass is 32.2. The van der Waals surface area contributed by atoms with Crippen LogP contribution in [0.1, 0.15) is 24.2 Å². The first-order chi connectivity index (χ1) is 11.9. The van der Waals surface area contributed by atoms with E-state index in [1.54, 1.807) is 29.2 Å². The van der Waals surface area contributed by atoms with E-state index < -0.39 is 10.0 Å². The molecule has 2 rings (SSSR count). The van der Waals surface area contributed by atoms with Crippen LogP contribution in [0.25, 0.3) is 0 Å². The van der Waals surface area contributed by atoms with Gasteiger partial charge in [-0.05, 0) is 50.2 Å². The van der Waals surface area contributed by atoms with Crippen LogP contribution in [0, 0.1) is 0 Å². The van der Waals surface area contributed by atoms with Crippen molar-refractivity contribution in [2.24, 2.45) is 0 Å². The molecule has 0 aromatic heterocycles. The van der Waals surface area contributed by atoms with Gasteiger partial charge in [0.25, 0.3) is 15.9 Å². The SMILES string of the molecule is CCN(CC)C(=O)c1ccc(S(=O)(=O)Nc2ccccc2OC)cc1.